The van der Waals surface area contributed by atoms with Gasteiger partial charge in [0.2, 0.25) is 0 Å². The van der Waals surface area contributed by atoms with Crippen LogP contribution in [0, 0.1) is 13.8 Å². The quantitative estimate of drug-likeness (QED) is 0.626. The predicted octanol–water partition coefficient (Wildman–Crippen LogP) is 4.40. The second-order valence-electron chi connectivity index (χ2n) is 6.93. The Morgan fingerprint density at radius 3 is 2.26 bits per heavy atom. The summed E-state index contributed by atoms with van der Waals surface area (Å²) in [5, 5.41) is 20.4. The standard InChI is InChI=1S/C19H32O4/c1-5-6-7-8-9-10-12-19(4,22)13-11-16-14(2)17(20)15(3)18(21)23-16/h20,22H,5-13H2,1-4H3/t19-/m1/s1. The van der Waals surface area contributed by atoms with Gasteiger partial charge in [0.15, 0.2) is 0 Å². The van der Waals surface area contributed by atoms with Crippen LogP contribution in [0.25, 0.3) is 0 Å². The first-order chi connectivity index (χ1) is 10.8. The molecule has 0 aliphatic carbocycles. The van der Waals surface area contributed by atoms with Gasteiger partial charge in [-0.1, -0.05) is 45.4 Å². The molecule has 1 rings (SSSR count). The van der Waals surface area contributed by atoms with Crippen LogP contribution in [0.2, 0.25) is 0 Å². The van der Waals surface area contributed by atoms with Crippen LogP contribution in [0.5, 0.6) is 5.75 Å². The molecule has 23 heavy (non-hydrogen) atoms. The average Bonchev–Trinajstić information content (AvgIpc) is 2.51. The van der Waals surface area contributed by atoms with Crippen molar-refractivity contribution in [3.63, 3.8) is 0 Å². The van der Waals surface area contributed by atoms with Crippen LogP contribution >= 0.6 is 0 Å². The summed E-state index contributed by atoms with van der Waals surface area (Å²) in [6, 6.07) is 0. The zero-order valence-corrected chi connectivity index (χ0v) is 15.1. The third-order valence-electron chi connectivity index (χ3n) is 4.61. The topological polar surface area (TPSA) is 70.7 Å². The van der Waals surface area contributed by atoms with Crippen molar-refractivity contribution < 1.29 is 14.6 Å². The molecule has 1 aromatic rings. The lowest BCUT2D eigenvalue weighted by Crippen LogP contribution is -2.25. The minimum absolute atomic E-state index is 0.00631. The summed E-state index contributed by atoms with van der Waals surface area (Å²) in [4.78, 5) is 11.6. The number of aryl methyl sites for hydroxylation is 1. The van der Waals surface area contributed by atoms with Crippen molar-refractivity contribution in [1.82, 2.24) is 0 Å². The summed E-state index contributed by atoms with van der Waals surface area (Å²) in [7, 11) is 0. The summed E-state index contributed by atoms with van der Waals surface area (Å²) in [5.74, 6) is 0.480. The Morgan fingerprint density at radius 1 is 1.00 bits per heavy atom. The molecular formula is C19H32O4. The van der Waals surface area contributed by atoms with Gasteiger partial charge in [-0.25, -0.2) is 4.79 Å². The molecule has 1 heterocycles. The molecule has 4 heteroatoms. The van der Waals surface area contributed by atoms with Gasteiger partial charge < -0.3 is 14.6 Å². The van der Waals surface area contributed by atoms with Crippen molar-refractivity contribution in [2.24, 2.45) is 0 Å². The van der Waals surface area contributed by atoms with E-state index in [0.717, 1.165) is 19.3 Å². The van der Waals surface area contributed by atoms with Crippen LogP contribution in [0.4, 0.5) is 0 Å². The number of aliphatic hydroxyl groups is 1. The highest BCUT2D eigenvalue weighted by Gasteiger charge is 2.22. The Balaban J connectivity index is 2.48. The number of hydrogen-bond acceptors (Lipinski definition) is 4. The van der Waals surface area contributed by atoms with Gasteiger partial charge in [-0.2, -0.15) is 0 Å². The first-order valence-electron chi connectivity index (χ1n) is 8.83. The summed E-state index contributed by atoms with van der Waals surface area (Å²) in [6.07, 6.45) is 8.91. The lowest BCUT2D eigenvalue weighted by Gasteiger charge is -2.23. The predicted molar refractivity (Wildman–Crippen MR) is 93.1 cm³/mol. The molecule has 0 saturated carbocycles. The average molecular weight is 324 g/mol. The molecule has 0 aliphatic rings. The minimum Gasteiger partial charge on any atom is -0.507 e. The third-order valence-corrected chi connectivity index (χ3v) is 4.61. The largest absolute Gasteiger partial charge is 0.507 e. The summed E-state index contributed by atoms with van der Waals surface area (Å²) >= 11 is 0. The zero-order valence-electron chi connectivity index (χ0n) is 15.1. The smallest absolute Gasteiger partial charge is 0.342 e. The third kappa shape index (κ3) is 6.38. The highest BCUT2D eigenvalue weighted by molar-refractivity contribution is 5.38. The maximum atomic E-state index is 11.6. The van der Waals surface area contributed by atoms with Crippen LogP contribution in [0.3, 0.4) is 0 Å². The fourth-order valence-corrected chi connectivity index (χ4v) is 2.81. The Kier molecular flexibility index (Phi) is 7.83. The van der Waals surface area contributed by atoms with Gasteiger partial charge in [-0.3, -0.25) is 0 Å². The molecule has 0 radical (unpaired) electrons. The van der Waals surface area contributed by atoms with Gasteiger partial charge in [-0.15, -0.1) is 0 Å². The van der Waals surface area contributed by atoms with E-state index < -0.39 is 11.2 Å². The molecule has 0 saturated heterocycles. The number of unbranched alkanes of at least 4 members (excludes halogenated alkanes) is 5. The Labute approximate surface area is 139 Å². The van der Waals surface area contributed by atoms with Crippen molar-refractivity contribution in [2.75, 3.05) is 0 Å². The molecule has 1 atom stereocenters. The van der Waals surface area contributed by atoms with Gasteiger partial charge >= 0.3 is 5.63 Å². The van der Waals surface area contributed by atoms with Gasteiger partial charge in [0.25, 0.3) is 0 Å². The van der Waals surface area contributed by atoms with Crippen LogP contribution in [0.1, 0.15) is 82.1 Å². The maximum Gasteiger partial charge on any atom is 0.342 e. The number of aromatic hydroxyl groups is 1. The molecule has 0 fully saturated rings. The van der Waals surface area contributed by atoms with E-state index in [4.69, 9.17) is 4.42 Å². The van der Waals surface area contributed by atoms with Crippen LogP contribution in [-0.2, 0) is 6.42 Å². The van der Waals surface area contributed by atoms with E-state index in [0.29, 0.717) is 24.2 Å². The van der Waals surface area contributed by atoms with Crippen molar-refractivity contribution in [3.05, 3.63) is 27.3 Å². The first-order valence-corrected chi connectivity index (χ1v) is 8.83. The second kappa shape index (κ2) is 9.11. The monoisotopic (exact) mass is 324 g/mol. The van der Waals surface area contributed by atoms with Crippen LogP contribution in [-0.4, -0.2) is 15.8 Å². The molecule has 2 N–H and O–H groups in total. The van der Waals surface area contributed by atoms with Crippen molar-refractivity contribution in [1.29, 1.82) is 0 Å². The van der Waals surface area contributed by atoms with Crippen LogP contribution in [0.15, 0.2) is 9.21 Å². The molecule has 4 nitrogen and oxygen atoms in total. The Morgan fingerprint density at radius 2 is 1.61 bits per heavy atom. The fourth-order valence-electron chi connectivity index (χ4n) is 2.81. The van der Waals surface area contributed by atoms with E-state index in [9.17, 15) is 15.0 Å². The summed E-state index contributed by atoms with van der Waals surface area (Å²) in [6.45, 7) is 7.32. The molecule has 0 spiro atoms. The van der Waals surface area contributed by atoms with Gasteiger partial charge in [0, 0.05) is 12.0 Å². The van der Waals surface area contributed by atoms with Gasteiger partial charge in [0.1, 0.15) is 11.5 Å². The van der Waals surface area contributed by atoms with Gasteiger partial charge in [0.05, 0.1) is 11.2 Å². The highest BCUT2D eigenvalue weighted by Crippen LogP contribution is 2.26. The first kappa shape index (κ1) is 19.8. The SMILES string of the molecule is CCCCCCCC[C@@](C)(O)CCc1oc(=O)c(C)c(O)c1C. The molecule has 132 valence electrons. The molecule has 1 aromatic heterocycles. The Bertz CT molecular complexity index is 543. The maximum absolute atomic E-state index is 11.6. The summed E-state index contributed by atoms with van der Waals surface area (Å²) < 4.78 is 5.26. The van der Waals surface area contributed by atoms with E-state index in [2.05, 4.69) is 6.92 Å². The molecule has 0 bridgehead atoms. The van der Waals surface area contributed by atoms with E-state index >= 15 is 0 Å². The molecule has 0 aromatic carbocycles. The molecular weight excluding hydrogens is 292 g/mol. The molecule has 0 unspecified atom stereocenters. The van der Waals surface area contributed by atoms with Crippen LogP contribution < -0.4 is 5.63 Å². The minimum atomic E-state index is -0.768. The molecule has 0 aliphatic heterocycles. The van der Waals surface area contributed by atoms with Crippen molar-refractivity contribution in [2.45, 2.75) is 91.1 Å². The second-order valence-corrected chi connectivity index (χ2v) is 6.93. The Hall–Kier alpha value is -1.29. The number of rotatable bonds is 10. The van der Waals surface area contributed by atoms with E-state index in [1.54, 1.807) is 13.8 Å². The normalized spacial score (nSPS) is 14.0. The van der Waals surface area contributed by atoms with Crippen molar-refractivity contribution in [3.8, 4) is 5.75 Å². The van der Waals surface area contributed by atoms with E-state index in [1.165, 1.54) is 25.7 Å². The van der Waals surface area contributed by atoms with E-state index in [-0.39, 0.29) is 11.3 Å². The van der Waals surface area contributed by atoms with Gasteiger partial charge in [-0.05, 0) is 33.6 Å². The summed E-state index contributed by atoms with van der Waals surface area (Å²) in [5.41, 5.74) is -0.433. The lowest BCUT2D eigenvalue weighted by atomic mass is 9.91. The molecule has 0 amide bonds. The number of hydrogen-bond donors (Lipinski definition) is 2. The zero-order chi connectivity index (χ0) is 17.5. The highest BCUT2D eigenvalue weighted by atomic mass is 16.4. The van der Waals surface area contributed by atoms with Crippen molar-refractivity contribution >= 4 is 0 Å². The fraction of sp³-hybridized carbons (Fsp3) is 0.737. The van der Waals surface area contributed by atoms with E-state index in [1.807, 2.05) is 6.92 Å². The lowest BCUT2D eigenvalue weighted by molar-refractivity contribution is 0.0380.